The highest BCUT2D eigenvalue weighted by atomic mass is 32.2. The van der Waals surface area contributed by atoms with Gasteiger partial charge in [0, 0.05) is 12.1 Å². The molecule has 0 aromatic heterocycles. The Morgan fingerprint density at radius 3 is 2.27 bits per heavy atom. The molecule has 4 nitrogen and oxygen atoms in total. The fraction of sp³-hybridized carbons (Fsp3) is 0.500. The summed E-state index contributed by atoms with van der Waals surface area (Å²) in [4.78, 5) is 11.0. The molecule has 0 N–H and O–H groups in total. The molecule has 0 spiro atoms. The first-order valence-electron chi connectivity index (χ1n) is 6.83. The van der Waals surface area contributed by atoms with E-state index in [0.717, 1.165) is 0 Å². The van der Waals surface area contributed by atoms with Crippen LogP contribution in [-0.4, -0.2) is 37.3 Å². The van der Waals surface area contributed by atoms with E-state index in [0.29, 0.717) is 22.7 Å². The fourth-order valence-corrected chi connectivity index (χ4v) is 4.20. The smallest absolute Gasteiger partial charge is 0.295 e. The van der Waals surface area contributed by atoms with Gasteiger partial charge in [-0.05, 0) is 31.9 Å². The van der Waals surface area contributed by atoms with E-state index in [1.54, 1.807) is 0 Å². The number of nitrogens with zero attached hydrogens (tertiary/aromatic N) is 1. The van der Waals surface area contributed by atoms with Crippen LogP contribution in [0.5, 0.6) is 0 Å². The molecule has 1 fully saturated rings. The Balaban J connectivity index is 2.37. The zero-order valence-corrected chi connectivity index (χ0v) is 12.7. The fourth-order valence-electron chi connectivity index (χ4n) is 2.52. The molecule has 122 valence electrons. The van der Waals surface area contributed by atoms with Crippen LogP contribution in [0.1, 0.15) is 36.5 Å². The maximum Gasteiger partial charge on any atom is 0.405 e. The number of alkyl halides is 3. The van der Waals surface area contributed by atoms with Gasteiger partial charge in [0.05, 0.1) is 4.90 Å². The van der Waals surface area contributed by atoms with Gasteiger partial charge in [0.1, 0.15) is 6.04 Å². The van der Waals surface area contributed by atoms with Gasteiger partial charge in [-0.1, -0.05) is 18.6 Å². The van der Waals surface area contributed by atoms with Crippen molar-refractivity contribution in [1.29, 1.82) is 0 Å². The van der Waals surface area contributed by atoms with E-state index >= 15 is 0 Å². The maximum absolute atomic E-state index is 13.1. The summed E-state index contributed by atoms with van der Waals surface area (Å²) in [5, 5.41) is 0. The van der Waals surface area contributed by atoms with Crippen LogP contribution in [0.2, 0.25) is 0 Å². The van der Waals surface area contributed by atoms with Gasteiger partial charge in [0.15, 0.2) is 5.78 Å². The van der Waals surface area contributed by atoms with Crippen molar-refractivity contribution < 1.29 is 26.4 Å². The molecule has 0 bridgehead atoms. The number of ketones is 1. The molecule has 0 amide bonds. The second-order valence-corrected chi connectivity index (χ2v) is 7.14. The van der Waals surface area contributed by atoms with Crippen molar-refractivity contribution in [2.45, 2.75) is 43.3 Å². The van der Waals surface area contributed by atoms with Crippen molar-refractivity contribution in [3.05, 3.63) is 29.8 Å². The van der Waals surface area contributed by atoms with E-state index in [2.05, 4.69) is 0 Å². The molecule has 1 aliphatic rings. The summed E-state index contributed by atoms with van der Waals surface area (Å²) >= 11 is 0. The minimum atomic E-state index is -4.59. The van der Waals surface area contributed by atoms with Gasteiger partial charge in [-0.3, -0.25) is 4.79 Å². The Labute approximate surface area is 127 Å². The van der Waals surface area contributed by atoms with Crippen LogP contribution in [0.3, 0.4) is 0 Å². The Hall–Kier alpha value is -1.41. The first-order chi connectivity index (χ1) is 10.1. The second-order valence-electron chi connectivity index (χ2n) is 5.25. The minimum Gasteiger partial charge on any atom is -0.295 e. The molecule has 1 aromatic rings. The first kappa shape index (κ1) is 17.0. The number of rotatable bonds is 3. The third kappa shape index (κ3) is 3.33. The number of benzene rings is 1. The minimum absolute atomic E-state index is 0.152. The summed E-state index contributed by atoms with van der Waals surface area (Å²) in [5.41, 5.74) is 0.310. The topological polar surface area (TPSA) is 54.5 Å². The van der Waals surface area contributed by atoms with Crippen LogP contribution in [-0.2, 0) is 10.0 Å². The van der Waals surface area contributed by atoms with Gasteiger partial charge in [0.25, 0.3) is 0 Å². The van der Waals surface area contributed by atoms with Crippen LogP contribution in [0.25, 0.3) is 0 Å². The maximum atomic E-state index is 13.1. The summed E-state index contributed by atoms with van der Waals surface area (Å²) in [6.45, 7) is 1.18. The largest absolute Gasteiger partial charge is 0.405 e. The Morgan fingerprint density at radius 2 is 1.77 bits per heavy atom. The highest BCUT2D eigenvalue weighted by Gasteiger charge is 2.48. The highest BCUT2D eigenvalue weighted by molar-refractivity contribution is 7.89. The lowest BCUT2D eigenvalue weighted by molar-refractivity contribution is -0.177. The number of sulfonamides is 1. The van der Waals surface area contributed by atoms with E-state index in [9.17, 15) is 26.4 Å². The van der Waals surface area contributed by atoms with E-state index < -0.39 is 22.2 Å². The second kappa shape index (κ2) is 6.00. The predicted octanol–water partition coefficient (Wildman–Crippen LogP) is 2.99. The molecular formula is C14H16F3NO3S. The number of carbonyl (C=O) groups is 1. The van der Waals surface area contributed by atoms with E-state index in [4.69, 9.17) is 0 Å². The van der Waals surface area contributed by atoms with Crippen molar-refractivity contribution in [3.8, 4) is 0 Å². The third-order valence-corrected chi connectivity index (χ3v) is 5.62. The van der Waals surface area contributed by atoms with Gasteiger partial charge >= 0.3 is 6.18 Å². The molecule has 1 heterocycles. The van der Waals surface area contributed by atoms with Gasteiger partial charge in [-0.2, -0.15) is 17.5 Å². The van der Waals surface area contributed by atoms with Crippen LogP contribution in [0, 0.1) is 0 Å². The molecular weight excluding hydrogens is 319 g/mol. The van der Waals surface area contributed by atoms with Crippen molar-refractivity contribution in [2.75, 3.05) is 6.54 Å². The number of halogens is 3. The molecule has 0 saturated carbocycles. The number of Topliss-reactive ketones (excluding diaryl/α,β-unsaturated/α-hetero) is 1. The molecule has 22 heavy (non-hydrogen) atoms. The van der Waals surface area contributed by atoms with Crippen LogP contribution in [0.15, 0.2) is 29.2 Å². The molecule has 1 aliphatic heterocycles. The predicted molar refractivity (Wildman–Crippen MR) is 74.0 cm³/mol. The molecule has 1 unspecified atom stereocenters. The average Bonchev–Trinajstić information content (AvgIpc) is 2.46. The van der Waals surface area contributed by atoms with Crippen LogP contribution in [0.4, 0.5) is 13.2 Å². The summed E-state index contributed by atoms with van der Waals surface area (Å²) < 4.78 is 64.6. The van der Waals surface area contributed by atoms with Crippen molar-refractivity contribution in [1.82, 2.24) is 4.31 Å². The zero-order chi connectivity index (χ0) is 16.5. The van der Waals surface area contributed by atoms with Gasteiger partial charge in [-0.25, -0.2) is 8.42 Å². The Kier molecular flexibility index (Phi) is 4.62. The quantitative estimate of drug-likeness (QED) is 0.798. The monoisotopic (exact) mass is 335 g/mol. The third-order valence-electron chi connectivity index (χ3n) is 3.70. The molecule has 0 aliphatic carbocycles. The molecule has 1 atom stereocenters. The molecule has 1 saturated heterocycles. The number of hydrogen-bond donors (Lipinski definition) is 0. The van der Waals surface area contributed by atoms with Crippen LogP contribution >= 0.6 is 0 Å². The Bertz CT molecular complexity index is 653. The van der Waals surface area contributed by atoms with E-state index in [1.807, 2.05) is 0 Å². The molecule has 0 radical (unpaired) electrons. The summed E-state index contributed by atoms with van der Waals surface area (Å²) in [6.07, 6.45) is -4.07. The lowest BCUT2D eigenvalue weighted by Crippen LogP contribution is -2.51. The lowest BCUT2D eigenvalue weighted by Gasteiger charge is -2.35. The van der Waals surface area contributed by atoms with Gasteiger partial charge in [0.2, 0.25) is 10.0 Å². The normalized spacial score (nSPS) is 20.8. The standard InChI is InChI=1S/C14H16F3NO3S/c1-10(19)11-5-7-12(8-6-11)22(20,21)18-9-3-2-4-13(18)14(15,16)17/h5-8,13H,2-4,9H2,1H3. The van der Waals surface area contributed by atoms with Crippen LogP contribution < -0.4 is 0 Å². The molecule has 2 rings (SSSR count). The summed E-state index contributed by atoms with van der Waals surface area (Å²) in [5.74, 6) is -0.241. The van der Waals surface area contributed by atoms with Crippen molar-refractivity contribution >= 4 is 15.8 Å². The van der Waals surface area contributed by atoms with Crippen molar-refractivity contribution in [3.63, 3.8) is 0 Å². The number of piperidine rings is 1. The zero-order valence-electron chi connectivity index (χ0n) is 11.9. The van der Waals surface area contributed by atoms with Gasteiger partial charge in [-0.15, -0.1) is 0 Å². The molecule has 8 heteroatoms. The van der Waals surface area contributed by atoms with Crippen molar-refractivity contribution in [2.24, 2.45) is 0 Å². The molecule has 1 aromatic carbocycles. The summed E-state index contributed by atoms with van der Waals surface area (Å²) in [6, 6.07) is 2.98. The average molecular weight is 335 g/mol. The number of carbonyl (C=O) groups excluding carboxylic acids is 1. The van der Waals surface area contributed by atoms with Gasteiger partial charge < -0.3 is 0 Å². The summed E-state index contributed by atoms with van der Waals surface area (Å²) in [7, 11) is -4.23. The lowest BCUT2D eigenvalue weighted by atomic mass is 10.0. The number of hydrogen-bond acceptors (Lipinski definition) is 3. The highest BCUT2D eigenvalue weighted by Crippen LogP contribution is 2.35. The van der Waals surface area contributed by atoms with E-state index in [-0.39, 0.29) is 23.6 Å². The first-order valence-corrected chi connectivity index (χ1v) is 8.27. The SMILES string of the molecule is CC(=O)c1ccc(S(=O)(=O)N2CCCCC2C(F)(F)F)cc1. The van der Waals surface area contributed by atoms with E-state index in [1.165, 1.54) is 31.2 Å². The Morgan fingerprint density at radius 1 is 1.18 bits per heavy atom.